The second-order valence-electron chi connectivity index (χ2n) is 5.39. The Hall–Kier alpha value is -0.810. The molecule has 1 amide bonds. The Bertz CT molecular complexity index is 496. The van der Waals surface area contributed by atoms with Crippen LogP contribution in [0, 0.1) is 0 Å². The highest BCUT2D eigenvalue weighted by molar-refractivity contribution is 6.34. The molecular weight excluding hydrogens is 311 g/mol. The first kappa shape index (κ1) is 16.6. The zero-order chi connectivity index (χ0) is 15.5. The maximum Gasteiger partial charge on any atom is 0.254 e. The van der Waals surface area contributed by atoms with E-state index in [2.05, 4.69) is 5.32 Å². The molecule has 2 rings (SSSR count). The number of amides is 1. The number of nitrogens with zero attached hydrogens (tertiary/aromatic N) is 1. The largest absolute Gasteiger partial charge is 0.368 e. The molecule has 1 saturated heterocycles. The minimum Gasteiger partial charge on any atom is -0.368 e. The smallest absolute Gasteiger partial charge is 0.254 e. The zero-order valence-electron chi connectivity index (χ0n) is 12.3. The average molecular weight is 331 g/mol. The van der Waals surface area contributed by atoms with E-state index < -0.39 is 5.60 Å². The zero-order valence-corrected chi connectivity index (χ0v) is 13.8. The van der Waals surface area contributed by atoms with Gasteiger partial charge in [0.1, 0.15) is 5.60 Å². The number of halogens is 2. The predicted octanol–water partition coefficient (Wildman–Crippen LogP) is 2.72. The van der Waals surface area contributed by atoms with E-state index in [9.17, 15) is 4.79 Å². The number of ether oxygens (including phenoxy) is 1. The van der Waals surface area contributed by atoms with Crippen LogP contribution in [-0.2, 0) is 16.1 Å². The van der Waals surface area contributed by atoms with Crippen LogP contribution in [0.4, 0.5) is 0 Å². The molecule has 1 N–H and O–H groups in total. The molecule has 0 spiro atoms. The van der Waals surface area contributed by atoms with Gasteiger partial charge in [-0.1, -0.05) is 23.2 Å². The monoisotopic (exact) mass is 330 g/mol. The van der Waals surface area contributed by atoms with Gasteiger partial charge in [0.15, 0.2) is 0 Å². The first-order valence-corrected chi connectivity index (χ1v) is 7.69. The number of nitrogens with one attached hydrogen (secondary N) is 1. The number of rotatable bonds is 4. The van der Waals surface area contributed by atoms with Crippen LogP contribution in [0.2, 0.25) is 10.0 Å². The molecule has 1 aliphatic rings. The summed E-state index contributed by atoms with van der Waals surface area (Å²) in [5.41, 5.74) is 0.186. The fourth-order valence-corrected chi connectivity index (χ4v) is 3.30. The summed E-state index contributed by atoms with van der Waals surface area (Å²) < 4.78 is 5.56. The van der Waals surface area contributed by atoms with Gasteiger partial charge >= 0.3 is 0 Å². The Kier molecular flexibility index (Phi) is 5.49. The lowest BCUT2D eigenvalue weighted by atomic mass is 9.90. The van der Waals surface area contributed by atoms with Gasteiger partial charge in [-0.3, -0.25) is 4.79 Å². The van der Waals surface area contributed by atoms with E-state index in [1.165, 1.54) is 0 Å². The molecular formula is C15H20Cl2N2O2. The summed E-state index contributed by atoms with van der Waals surface area (Å²) in [6.07, 6.45) is 1.37. The molecule has 0 unspecified atom stereocenters. The fraction of sp³-hybridized carbons (Fsp3) is 0.533. The highest BCUT2D eigenvalue weighted by Gasteiger charge is 2.41. The van der Waals surface area contributed by atoms with Gasteiger partial charge in [-0.2, -0.15) is 0 Å². The molecule has 21 heavy (non-hydrogen) atoms. The van der Waals surface area contributed by atoms with Crippen LogP contribution >= 0.6 is 23.2 Å². The van der Waals surface area contributed by atoms with Crippen molar-refractivity contribution in [2.45, 2.75) is 25.0 Å². The third kappa shape index (κ3) is 3.89. The molecule has 1 aliphatic heterocycles. The lowest BCUT2D eigenvalue weighted by molar-refractivity contribution is -0.157. The van der Waals surface area contributed by atoms with Gasteiger partial charge in [0.05, 0.1) is 0 Å². The maximum atomic E-state index is 12.7. The van der Waals surface area contributed by atoms with Crippen LogP contribution < -0.4 is 5.32 Å². The molecule has 1 heterocycles. The number of benzene rings is 1. The standard InChI is InChI=1S/C15H20Cl2N2O2/c1-19(10-11-7-12(16)9-13(17)8-11)14(20)15(21-2)3-5-18-6-4-15/h7-9,18H,3-6,10H2,1-2H3. The van der Waals surface area contributed by atoms with Gasteiger partial charge in [0, 0.05) is 30.7 Å². The van der Waals surface area contributed by atoms with Crippen molar-refractivity contribution in [1.82, 2.24) is 10.2 Å². The van der Waals surface area contributed by atoms with Gasteiger partial charge < -0.3 is 15.0 Å². The summed E-state index contributed by atoms with van der Waals surface area (Å²) in [4.78, 5) is 14.4. The molecule has 0 saturated carbocycles. The second-order valence-corrected chi connectivity index (χ2v) is 6.26. The predicted molar refractivity (Wildman–Crippen MR) is 84.8 cm³/mol. The highest BCUT2D eigenvalue weighted by Crippen LogP contribution is 2.26. The quantitative estimate of drug-likeness (QED) is 0.922. The van der Waals surface area contributed by atoms with Crippen molar-refractivity contribution in [2.75, 3.05) is 27.2 Å². The number of carbonyl (C=O) groups excluding carboxylic acids is 1. The second kappa shape index (κ2) is 6.97. The van der Waals surface area contributed by atoms with Crippen molar-refractivity contribution in [3.05, 3.63) is 33.8 Å². The van der Waals surface area contributed by atoms with E-state index in [-0.39, 0.29) is 5.91 Å². The number of likely N-dealkylation sites (N-methyl/N-ethyl adjacent to an activating group) is 1. The van der Waals surface area contributed by atoms with Crippen LogP contribution in [0.25, 0.3) is 0 Å². The average Bonchev–Trinajstić information content (AvgIpc) is 2.46. The summed E-state index contributed by atoms with van der Waals surface area (Å²) in [7, 11) is 3.38. The molecule has 1 fully saturated rings. The van der Waals surface area contributed by atoms with Crippen LogP contribution in [0.15, 0.2) is 18.2 Å². The molecule has 1 aromatic carbocycles. The van der Waals surface area contributed by atoms with Crippen molar-refractivity contribution >= 4 is 29.1 Å². The third-order valence-corrected chi connectivity index (χ3v) is 4.32. The van der Waals surface area contributed by atoms with Crippen LogP contribution in [0.1, 0.15) is 18.4 Å². The molecule has 0 aromatic heterocycles. The van der Waals surface area contributed by atoms with E-state index in [1.807, 2.05) is 12.1 Å². The van der Waals surface area contributed by atoms with Crippen LogP contribution in [-0.4, -0.2) is 43.7 Å². The Morgan fingerprint density at radius 3 is 2.38 bits per heavy atom. The van der Waals surface area contributed by atoms with E-state index >= 15 is 0 Å². The molecule has 1 aromatic rings. The normalized spacial score (nSPS) is 17.5. The van der Waals surface area contributed by atoms with E-state index in [1.54, 1.807) is 25.1 Å². The molecule has 6 heteroatoms. The molecule has 116 valence electrons. The lowest BCUT2D eigenvalue weighted by Crippen LogP contribution is -2.54. The Morgan fingerprint density at radius 2 is 1.86 bits per heavy atom. The van der Waals surface area contributed by atoms with Gasteiger partial charge in [0.25, 0.3) is 5.91 Å². The number of piperidine rings is 1. The van der Waals surface area contributed by atoms with Crippen molar-refractivity contribution in [3.63, 3.8) is 0 Å². The minimum absolute atomic E-state index is 0.00241. The van der Waals surface area contributed by atoms with E-state index in [4.69, 9.17) is 27.9 Å². The first-order chi connectivity index (χ1) is 9.97. The van der Waals surface area contributed by atoms with Crippen molar-refractivity contribution in [2.24, 2.45) is 0 Å². The van der Waals surface area contributed by atoms with Crippen molar-refractivity contribution < 1.29 is 9.53 Å². The van der Waals surface area contributed by atoms with Gasteiger partial charge in [0.2, 0.25) is 0 Å². The summed E-state index contributed by atoms with van der Waals surface area (Å²) in [5, 5.41) is 4.39. The first-order valence-electron chi connectivity index (χ1n) is 6.93. The van der Waals surface area contributed by atoms with Gasteiger partial charge in [-0.15, -0.1) is 0 Å². The Labute approximate surface area is 135 Å². The Balaban J connectivity index is 2.11. The summed E-state index contributed by atoms with van der Waals surface area (Å²) in [5.74, 6) is 0.00241. The number of hydrogen-bond donors (Lipinski definition) is 1. The van der Waals surface area contributed by atoms with Gasteiger partial charge in [-0.25, -0.2) is 0 Å². The molecule has 0 atom stereocenters. The number of carbonyl (C=O) groups is 1. The van der Waals surface area contributed by atoms with Crippen LogP contribution in [0.5, 0.6) is 0 Å². The topological polar surface area (TPSA) is 41.6 Å². The number of hydrogen-bond acceptors (Lipinski definition) is 3. The van der Waals surface area contributed by atoms with Crippen molar-refractivity contribution in [1.29, 1.82) is 0 Å². The SMILES string of the molecule is COC1(C(=O)N(C)Cc2cc(Cl)cc(Cl)c2)CCNCC1. The molecule has 0 aliphatic carbocycles. The van der Waals surface area contributed by atoms with Crippen LogP contribution in [0.3, 0.4) is 0 Å². The molecule has 0 radical (unpaired) electrons. The Morgan fingerprint density at radius 1 is 1.29 bits per heavy atom. The third-order valence-electron chi connectivity index (χ3n) is 3.88. The van der Waals surface area contributed by atoms with Crippen molar-refractivity contribution in [3.8, 4) is 0 Å². The van der Waals surface area contributed by atoms with Gasteiger partial charge in [-0.05, 0) is 49.7 Å². The van der Waals surface area contributed by atoms with E-state index in [0.717, 1.165) is 18.7 Å². The molecule has 0 bridgehead atoms. The number of methoxy groups -OCH3 is 1. The highest BCUT2D eigenvalue weighted by atomic mass is 35.5. The van der Waals surface area contributed by atoms with E-state index in [0.29, 0.717) is 29.4 Å². The summed E-state index contributed by atoms with van der Waals surface area (Å²) in [6, 6.07) is 5.32. The maximum absolute atomic E-state index is 12.7. The lowest BCUT2D eigenvalue weighted by Gasteiger charge is -2.37. The minimum atomic E-state index is -0.720. The summed E-state index contributed by atoms with van der Waals surface area (Å²) in [6.45, 7) is 2.03. The fourth-order valence-electron chi connectivity index (χ4n) is 2.73. The summed E-state index contributed by atoms with van der Waals surface area (Å²) >= 11 is 12.0. The molecule has 4 nitrogen and oxygen atoms in total.